The second kappa shape index (κ2) is 4.57. The molecule has 1 aromatic carbocycles. The largest absolute Gasteiger partial charge is 0.469 e. The summed E-state index contributed by atoms with van der Waals surface area (Å²) in [6.45, 7) is 4.75. The van der Waals surface area contributed by atoms with Crippen molar-refractivity contribution in [3.05, 3.63) is 29.6 Å². The molecule has 90 valence electrons. The number of hydrogen-bond acceptors (Lipinski definition) is 3. The van der Waals surface area contributed by atoms with Crippen molar-refractivity contribution in [2.45, 2.75) is 26.8 Å². The van der Waals surface area contributed by atoms with E-state index in [1.165, 1.54) is 18.2 Å². The smallest absolute Gasteiger partial charge is 0.307 e. The van der Waals surface area contributed by atoms with Gasteiger partial charge in [-0.05, 0) is 37.1 Å². The van der Waals surface area contributed by atoms with Crippen LogP contribution in [0.25, 0.3) is 11.0 Å². The van der Waals surface area contributed by atoms with Crippen LogP contribution in [0.2, 0.25) is 0 Å². The van der Waals surface area contributed by atoms with Crippen LogP contribution in [0.1, 0.15) is 17.5 Å². The van der Waals surface area contributed by atoms with E-state index in [4.69, 9.17) is 0 Å². The van der Waals surface area contributed by atoms with E-state index in [0.29, 0.717) is 13.0 Å². The van der Waals surface area contributed by atoms with Gasteiger partial charge in [0.05, 0.1) is 30.9 Å². The van der Waals surface area contributed by atoms with Gasteiger partial charge in [-0.15, -0.1) is 0 Å². The first-order valence-electron chi connectivity index (χ1n) is 5.60. The molecule has 17 heavy (non-hydrogen) atoms. The number of carbonyl (C=O) groups excluding carboxylic acids is 1. The molecule has 0 aliphatic carbocycles. The molecule has 0 spiro atoms. The highest BCUT2D eigenvalue weighted by Gasteiger charge is 2.07. The van der Waals surface area contributed by atoms with Crippen LogP contribution in [0.4, 0.5) is 0 Å². The summed E-state index contributed by atoms with van der Waals surface area (Å²) >= 11 is 0. The van der Waals surface area contributed by atoms with Gasteiger partial charge in [-0.2, -0.15) is 0 Å². The van der Waals surface area contributed by atoms with Crippen LogP contribution in [0.5, 0.6) is 0 Å². The van der Waals surface area contributed by atoms with Gasteiger partial charge >= 0.3 is 5.97 Å². The van der Waals surface area contributed by atoms with Crippen molar-refractivity contribution in [1.82, 2.24) is 9.55 Å². The Balaban J connectivity index is 2.29. The zero-order valence-corrected chi connectivity index (χ0v) is 10.4. The Bertz CT molecular complexity index is 558. The number of nitrogens with zero attached hydrogens (tertiary/aromatic N) is 2. The Hall–Kier alpha value is -1.84. The molecule has 0 aliphatic heterocycles. The molecule has 0 fully saturated rings. The summed E-state index contributed by atoms with van der Waals surface area (Å²) in [6, 6.07) is 4.17. The summed E-state index contributed by atoms with van der Waals surface area (Å²) < 4.78 is 6.62. The van der Waals surface area contributed by atoms with E-state index in [1.807, 2.05) is 4.57 Å². The number of benzene rings is 1. The van der Waals surface area contributed by atoms with E-state index in [0.717, 1.165) is 11.0 Å². The van der Waals surface area contributed by atoms with E-state index in [2.05, 4.69) is 35.7 Å². The summed E-state index contributed by atoms with van der Waals surface area (Å²) in [7, 11) is 1.40. The summed E-state index contributed by atoms with van der Waals surface area (Å²) in [4.78, 5) is 15.4. The number of aromatic nitrogens is 2. The lowest BCUT2D eigenvalue weighted by Crippen LogP contribution is -2.06. The normalized spacial score (nSPS) is 10.8. The summed E-state index contributed by atoms with van der Waals surface area (Å²) in [5.41, 5.74) is 4.50. The quantitative estimate of drug-likeness (QED) is 0.762. The molecule has 0 aliphatic rings. The second-order valence-corrected chi connectivity index (χ2v) is 4.19. The van der Waals surface area contributed by atoms with E-state index in [9.17, 15) is 4.79 Å². The molecule has 2 rings (SSSR count). The first-order chi connectivity index (χ1) is 8.11. The lowest BCUT2D eigenvalue weighted by molar-refractivity contribution is -0.140. The number of imidazole rings is 1. The Labute approximate surface area is 100 Å². The number of methoxy groups -OCH3 is 1. The Morgan fingerprint density at radius 2 is 2.06 bits per heavy atom. The number of aryl methyl sites for hydroxylation is 3. The highest BCUT2D eigenvalue weighted by molar-refractivity contribution is 5.77. The molecule has 0 unspecified atom stereocenters. The van der Waals surface area contributed by atoms with Crippen LogP contribution in [-0.2, 0) is 16.1 Å². The monoisotopic (exact) mass is 232 g/mol. The number of fused-ring (bicyclic) bond motifs is 1. The van der Waals surface area contributed by atoms with Crippen molar-refractivity contribution in [2.24, 2.45) is 0 Å². The van der Waals surface area contributed by atoms with Crippen molar-refractivity contribution in [3.63, 3.8) is 0 Å². The average molecular weight is 232 g/mol. The van der Waals surface area contributed by atoms with Gasteiger partial charge in [0, 0.05) is 6.54 Å². The second-order valence-electron chi connectivity index (χ2n) is 4.19. The number of hydrogen-bond donors (Lipinski definition) is 0. The zero-order valence-electron chi connectivity index (χ0n) is 10.4. The molecule has 0 saturated heterocycles. The summed E-state index contributed by atoms with van der Waals surface area (Å²) in [6.07, 6.45) is 2.14. The highest BCUT2D eigenvalue weighted by atomic mass is 16.5. The molecule has 2 aromatic rings. The van der Waals surface area contributed by atoms with Crippen LogP contribution >= 0.6 is 0 Å². The molecule has 1 aromatic heterocycles. The minimum Gasteiger partial charge on any atom is -0.469 e. The Morgan fingerprint density at radius 3 is 2.76 bits per heavy atom. The van der Waals surface area contributed by atoms with Crippen LogP contribution < -0.4 is 0 Å². The Morgan fingerprint density at radius 1 is 1.35 bits per heavy atom. The maximum atomic E-state index is 11.1. The lowest BCUT2D eigenvalue weighted by atomic mass is 10.1. The van der Waals surface area contributed by atoms with Crippen molar-refractivity contribution >= 4 is 17.0 Å². The lowest BCUT2D eigenvalue weighted by Gasteiger charge is -2.05. The van der Waals surface area contributed by atoms with Gasteiger partial charge < -0.3 is 9.30 Å². The topological polar surface area (TPSA) is 44.1 Å². The van der Waals surface area contributed by atoms with E-state index >= 15 is 0 Å². The standard InChI is InChI=1S/C13H16N2O2/c1-9-6-11-12(7-10(9)2)15(8-14-11)5-4-13(16)17-3/h6-8H,4-5H2,1-3H3. The SMILES string of the molecule is COC(=O)CCn1cnc2cc(C)c(C)cc21. The summed E-state index contributed by atoms with van der Waals surface area (Å²) in [5.74, 6) is -0.198. The molecule has 0 N–H and O–H groups in total. The molecular weight excluding hydrogens is 216 g/mol. The van der Waals surface area contributed by atoms with Crippen LogP contribution in [0.15, 0.2) is 18.5 Å². The van der Waals surface area contributed by atoms with Crippen LogP contribution in [0, 0.1) is 13.8 Å². The van der Waals surface area contributed by atoms with Crippen molar-refractivity contribution < 1.29 is 9.53 Å². The number of ether oxygens (including phenoxy) is 1. The number of carbonyl (C=O) groups is 1. The third kappa shape index (κ3) is 2.30. The molecule has 4 nitrogen and oxygen atoms in total. The van der Waals surface area contributed by atoms with Crippen molar-refractivity contribution in [1.29, 1.82) is 0 Å². The molecule has 1 heterocycles. The fourth-order valence-corrected chi connectivity index (χ4v) is 1.81. The van der Waals surface area contributed by atoms with E-state index in [-0.39, 0.29) is 5.97 Å². The summed E-state index contributed by atoms with van der Waals surface area (Å²) in [5, 5.41) is 0. The van der Waals surface area contributed by atoms with Gasteiger partial charge in [0.1, 0.15) is 0 Å². The maximum absolute atomic E-state index is 11.1. The highest BCUT2D eigenvalue weighted by Crippen LogP contribution is 2.18. The minimum atomic E-state index is -0.198. The van der Waals surface area contributed by atoms with Crippen LogP contribution in [0.3, 0.4) is 0 Å². The van der Waals surface area contributed by atoms with Gasteiger partial charge in [0.2, 0.25) is 0 Å². The molecule has 0 atom stereocenters. The predicted molar refractivity (Wildman–Crippen MR) is 65.8 cm³/mol. The molecule has 0 amide bonds. The molecule has 0 saturated carbocycles. The minimum absolute atomic E-state index is 0.198. The third-order valence-electron chi connectivity index (χ3n) is 3.02. The van der Waals surface area contributed by atoms with Gasteiger partial charge in [0.25, 0.3) is 0 Å². The van der Waals surface area contributed by atoms with Gasteiger partial charge in [0.15, 0.2) is 0 Å². The van der Waals surface area contributed by atoms with Crippen LogP contribution in [-0.4, -0.2) is 22.6 Å². The molecular formula is C13H16N2O2. The molecule has 4 heteroatoms. The average Bonchev–Trinajstić information content (AvgIpc) is 2.69. The van der Waals surface area contributed by atoms with Gasteiger partial charge in [-0.3, -0.25) is 4.79 Å². The zero-order chi connectivity index (χ0) is 12.4. The van der Waals surface area contributed by atoms with Crippen molar-refractivity contribution in [2.75, 3.05) is 7.11 Å². The third-order valence-corrected chi connectivity index (χ3v) is 3.02. The maximum Gasteiger partial charge on any atom is 0.307 e. The fourth-order valence-electron chi connectivity index (χ4n) is 1.81. The van der Waals surface area contributed by atoms with E-state index < -0.39 is 0 Å². The first-order valence-corrected chi connectivity index (χ1v) is 5.60. The van der Waals surface area contributed by atoms with Crippen molar-refractivity contribution in [3.8, 4) is 0 Å². The number of rotatable bonds is 3. The first kappa shape index (κ1) is 11.6. The van der Waals surface area contributed by atoms with Gasteiger partial charge in [-0.25, -0.2) is 4.98 Å². The Kier molecular flexibility index (Phi) is 3.13. The van der Waals surface area contributed by atoms with E-state index in [1.54, 1.807) is 6.33 Å². The molecule has 0 bridgehead atoms. The van der Waals surface area contributed by atoms with Gasteiger partial charge in [-0.1, -0.05) is 0 Å². The molecule has 0 radical (unpaired) electrons. The predicted octanol–water partition coefficient (Wildman–Crippen LogP) is 2.22. The fraction of sp³-hybridized carbons (Fsp3) is 0.385. The number of esters is 1.